The Morgan fingerprint density at radius 3 is 2.57 bits per heavy atom. The maximum Gasteiger partial charge on any atom is 0.321 e. The Morgan fingerprint density at radius 1 is 1.35 bits per heavy atom. The second-order valence-corrected chi connectivity index (χ2v) is 6.85. The minimum Gasteiger partial charge on any atom is -0.480 e. The summed E-state index contributed by atoms with van der Waals surface area (Å²) >= 11 is 0. The van der Waals surface area contributed by atoms with E-state index in [0.717, 1.165) is 6.42 Å². The summed E-state index contributed by atoms with van der Waals surface area (Å²) in [5, 5.41) is 9.34. The molecule has 1 saturated heterocycles. The van der Waals surface area contributed by atoms with E-state index in [9.17, 15) is 14.7 Å². The average Bonchev–Trinajstić information content (AvgIpc) is 2.82. The Balaban J connectivity index is 2.11. The molecule has 1 amide bonds. The Kier molecular flexibility index (Phi) is 5.42. The normalized spacial score (nSPS) is 22.6. The van der Waals surface area contributed by atoms with Crippen molar-refractivity contribution in [2.75, 3.05) is 13.1 Å². The Morgan fingerprint density at radius 2 is 2.00 bits per heavy atom. The smallest absolute Gasteiger partial charge is 0.321 e. The van der Waals surface area contributed by atoms with Gasteiger partial charge >= 0.3 is 5.97 Å². The third-order valence-corrected chi connectivity index (χ3v) is 4.69. The molecule has 5 heteroatoms. The van der Waals surface area contributed by atoms with E-state index in [4.69, 9.17) is 5.73 Å². The molecule has 126 valence electrons. The van der Waals surface area contributed by atoms with Crippen molar-refractivity contribution < 1.29 is 14.7 Å². The number of hydrogen-bond donors (Lipinski definition) is 2. The van der Waals surface area contributed by atoms with Crippen molar-refractivity contribution in [1.29, 1.82) is 0 Å². The number of likely N-dealkylation sites (tertiary alicyclic amines) is 1. The van der Waals surface area contributed by atoms with Gasteiger partial charge in [-0.1, -0.05) is 44.2 Å². The number of amides is 1. The van der Waals surface area contributed by atoms with Gasteiger partial charge in [0.15, 0.2) is 0 Å². The molecule has 2 atom stereocenters. The number of carbonyl (C=O) groups is 2. The minimum atomic E-state index is -1.14. The molecule has 1 aliphatic heterocycles. The van der Waals surface area contributed by atoms with Gasteiger partial charge in [-0.15, -0.1) is 0 Å². The highest BCUT2D eigenvalue weighted by Crippen LogP contribution is 2.40. The Labute approximate surface area is 137 Å². The van der Waals surface area contributed by atoms with Gasteiger partial charge in [0.25, 0.3) is 0 Å². The molecule has 1 heterocycles. The standard InChI is InChI=1S/C18H26N2O3/c1-13(2)12-18(15(19)16(21)22)9-11-20(17(18)23)10-8-14-6-4-3-5-7-14/h3-7,13,15H,8-12,19H2,1-2H3,(H,21,22). The van der Waals surface area contributed by atoms with Crippen LogP contribution in [0.2, 0.25) is 0 Å². The predicted octanol–water partition coefficient (Wildman–Crippen LogP) is 1.91. The van der Waals surface area contributed by atoms with E-state index in [2.05, 4.69) is 0 Å². The summed E-state index contributed by atoms with van der Waals surface area (Å²) in [5.41, 5.74) is 6.13. The second kappa shape index (κ2) is 7.13. The molecule has 1 fully saturated rings. The molecule has 23 heavy (non-hydrogen) atoms. The molecule has 0 spiro atoms. The molecule has 3 N–H and O–H groups in total. The molecule has 1 aromatic rings. The van der Waals surface area contributed by atoms with Gasteiger partial charge in [0.2, 0.25) is 5.91 Å². The van der Waals surface area contributed by atoms with Crippen LogP contribution in [-0.2, 0) is 16.0 Å². The van der Waals surface area contributed by atoms with Crippen molar-refractivity contribution in [2.24, 2.45) is 17.1 Å². The summed E-state index contributed by atoms with van der Waals surface area (Å²) in [5.74, 6) is -0.973. The Hall–Kier alpha value is -1.88. The third kappa shape index (κ3) is 3.72. The zero-order valence-electron chi connectivity index (χ0n) is 13.9. The lowest BCUT2D eigenvalue weighted by Gasteiger charge is -2.32. The predicted molar refractivity (Wildman–Crippen MR) is 88.8 cm³/mol. The molecule has 0 bridgehead atoms. The van der Waals surface area contributed by atoms with Crippen LogP contribution in [0.4, 0.5) is 0 Å². The fraction of sp³-hybridized carbons (Fsp3) is 0.556. The van der Waals surface area contributed by atoms with Crippen LogP contribution < -0.4 is 5.73 Å². The van der Waals surface area contributed by atoms with Crippen molar-refractivity contribution in [2.45, 2.75) is 39.2 Å². The number of hydrogen-bond acceptors (Lipinski definition) is 3. The highest BCUT2D eigenvalue weighted by Gasteiger charge is 2.53. The SMILES string of the molecule is CC(C)CC1(C(N)C(=O)O)CCN(CCc2ccccc2)C1=O. The number of nitrogens with zero attached hydrogens (tertiary/aromatic N) is 1. The molecular formula is C18H26N2O3. The first-order valence-corrected chi connectivity index (χ1v) is 8.18. The largest absolute Gasteiger partial charge is 0.480 e. The summed E-state index contributed by atoms with van der Waals surface area (Å²) in [6.07, 6.45) is 1.81. The van der Waals surface area contributed by atoms with Crippen LogP contribution in [0, 0.1) is 11.3 Å². The minimum absolute atomic E-state index is 0.1000. The highest BCUT2D eigenvalue weighted by molar-refractivity contribution is 5.91. The van der Waals surface area contributed by atoms with Gasteiger partial charge in [-0.2, -0.15) is 0 Å². The van der Waals surface area contributed by atoms with Crippen molar-refractivity contribution in [3.8, 4) is 0 Å². The maximum atomic E-state index is 12.9. The van der Waals surface area contributed by atoms with Crippen molar-refractivity contribution in [3.63, 3.8) is 0 Å². The topological polar surface area (TPSA) is 83.6 Å². The first kappa shape index (κ1) is 17.5. The third-order valence-electron chi connectivity index (χ3n) is 4.69. The van der Waals surface area contributed by atoms with Gasteiger partial charge < -0.3 is 15.7 Å². The van der Waals surface area contributed by atoms with Gasteiger partial charge in [-0.3, -0.25) is 9.59 Å². The highest BCUT2D eigenvalue weighted by atomic mass is 16.4. The van der Waals surface area contributed by atoms with Gasteiger partial charge in [-0.25, -0.2) is 0 Å². The van der Waals surface area contributed by atoms with Crippen LogP contribution in [0.15, 0.2) is 30.3 Å². The number of aliphatic carboxylic acids is 1. The van der Waals surface area contributed by atoms with E-state index in [-0.39, 0.29) is 11.8 Å². The van der Waals surface area contributed by atoms with Crippen molar-refractivity contribution in [1.82, 2.24) is 4.90 Å². The monoisotopic (exact) mass is 318 g/mol. The number of benzene rings is 1. The molecule has 5 nitrogen and oxygen atoms in total. The summed E-state index contributed by atoms with van der Waals surface area (Å²) in [6.45, 7) is 5.18. The first-order chi connectivity index (χ1) is 10.9. The zero-order chi connectivity index (χ0) is 17.0. The number of rotatable bonds is 7. The van der Waals surface area contributed by atoms with E-state index in [0.29, 0.717) is 25.9 Å². The molecule has 0 aliphatic carbocycles. The van der Waals surface area contributed by atoms with Crippen LogP contribution in [0.5, 0.6) is 0 Å². The second-order valence-electron chi connectivity index (χ2n) is 6.85. The molecular weight excluding hydrogens is 292 g/mol. The van der Waals surface area contributed by atoms with Crippen LogP contribution in [0.3, 0.4) is 0 Å². The summed E-state index contributed by atoms with van der Waals surface area (Å²) < 4.78 is 0. The van der Waals surface area contributed by atoms with Crippen LogP contribution in [0.25, 0.3) is 0 Å². The van der Waals surface area contributed by atoms with E-state index in [1.807, 2.05) is 44.2 Å². The fourth-order valence-electron chi connectivity index (χ4n) is 3.55. The molecule has 0 radical (unpaired) electrons. The number of carboxylic acid groups (broad SMARTS) is 1. The first-order valence-electron chi connectivity index (χ1n) is 8.18. The van der Waals surface area contributed by atoms with Gasteiger partial charge in [-0.05, 0) is 30.7 Å². The molecule has 2 rings (SSSR count). The number of nitrogens with two attached hydrogens (primary N) is 1. The van der Waals surface area contributed by atoms with Crippen LogP contribution in [-0.4, -0.2) is 41.0 Å². The quantitative estimate of drug-likeness (QED) is 0.804. The number of carbonyl (C=O) groups excluding carboxylic acids is 1. The molecule has 2 unspecified atom stereocenters. The molecule has 0 saturated carbocycles. The van der Waals surface area contributed by atoms with Gasteiger partial charge in [0, 0.05) is 13.1 Å². The summed E-state index contributed by atoms with van der Waals surface area (Å²) in [4.78, 5) is 26.1. The van der Waals surface area contributed by atoms with Gasteiger partial charge in [0.05, 0.1) is 5.41 Å². The average molecular weight is 318 g/mol. The number of carboxylic acids is 1. The molecule has 1 aromatic carbocycles. The van der Waals surface area contributed by atoms with Gasteiger partial charge in [0.1, 0.15) is 6.04 Å². The summed E-state index contributed by atoms with van der Waals surface area (Å²) in [6, 6.07) is 8.84. The van der Waals surface area contributed by atoms with E-state index in [1.165, 1.54) is 5.56 Å². The van der Waals surface area contributed by atoms with Crippen LogP contribution in [0.1, 0.15) is 32.3 Å². The molecule has 0 aromatic heterocycles. The maximum absolute atomic E-state index is 12.9. The zero-order valence-corrected chi connectivity index (χ0v) is 13.9. The summed E-state index contributed by atoms with van der Waals surface area (Å²) in [7, 11) is 0. The van der Waals surface area contributed by atoms with Crippen LogP contribution >= 0.6 is 0 Å². The van der Waals surface area contributed by atoms with E-state index < -0.39 is 17.4 Å². The lowest BCUT2D eigenvalue weighted by molar-refractivity contribution is -0.149. The molecule has 1 aliphatic rings. The van der Waals surface area contributed by atoms with Crippen molar-refractivity contribution >= 4 is 11.9 Å². The van der Waals surface area contributed by atoms with E-state index >= 15 is 0 Å². The van der Waals surface area contributed by atoms with E-state index in [1.54, 1.807) is 4.90 Å². The van der Waals surface area contributed by atoms with Crippen molar-refractivity contribution in [3.05, 3.63) is 35.9 Å². The lowest BCUT2D eigenvalue weighted by Crippen LogP contribution is -2.52. The lowest BCUT2D eigenvalue weighted by atomic mass is 9.73. The Bertz CT molecular complexity index is 559. The fourth-order valence-corrected chi connectivity index (χ4v) is 3.55.